The second-order valence-electron chi connectivity index (χ2n) is 7.30. The van der Waals surface area contributed by atoms with E-state index in [-0.39, 0.29) is 30.1 Å². The van der Waals surface area contributed by atoms with Crippen LogP contribution in [0.3, 0.4) is 0 Å². The van der Waals surface area contributed by atoms with Crippen molar-refractivity contribution < 1.29 is 32.4 Å². The van der Waals surface area contributed by atoms with E-state index in [1.54, 1.807) is 13.1 Å². The first-order chi connectivity index (χ1) is 15.9. The quantitative estimate of drug-likeness (QED) is 0.270. The molecule has 1 aromatic carbocycles. The lowest BCUT2D eigenvalue weighted by molar-refractivity contribution is -0.121. The lowest BCUT2D eigenvalue weighted by Gasteiger charge is -2.17. The molecule has 0 atom stereocenters. The summed E-state index contributed by atoms with van der Waals surface area (Å²) in [5.74, 6) is -0.454. The van der Waals surface area contributed by atoms with E-state index in [0.717, 1.165) is 30.0 Å². The summed E-state index contributed by atoms with van der Waals surface area (Å²) in [6.45, 7) is 1.94. The molecule has 0 bridgehead atoms. The highest BCUT2D eigenvalue weighted by Gasteiger charge is 2.27. The zero-order valence-corrected chi connectivity index (χ0v) is 19.9. The highest BCUT2D eigenvalue weighted by Crippen LogP contribution is 2.28. The Balaban J connectivity index is 1.68. The number of amides is 1. The van der Waals surface area contributed by atoms with Gasteiger partial charge in [-0.3, -0.25) is 4.79 Å². The van der Waals surface area contributed by atoms with Gasteiger partial charge in [0.1, 0.15) is 4.90 Å². The number of carbonyl (C=O) groups excluding carboxylic acids is 1. The number of fused-ring (bicyclic) bond motifs is 1. The second-order valence-corrected chi connectivity index (χ2v) is 9.31. The molecule has 0 unspecified atom stereocenters. The molecule has 0 fully saturated rings. The molecule has 1 heterocycles. The predicted octanol–water partition coefficient (Wildman–Crippen LogP) is 0.587. The Bertz CT molecular complexity index is 967. The van der Waals surface area contributed by atoms with E-state index >= 15 is 0 Å². The SMILES string of the molecule is CNc1ccc(S(=O)(=O)N(C)CC(=O)NCCOCCOCCCCCCO)c2nonc12. The Kier molecular flexibility index (Phi) is 11.5. The molecule has 0 aliphatic rings. The van der Waals surface area contributed by atoms with Gasteiger partial charge in [-0.2, -0.15) is 4.31 Å². The van der Waals surface area contributed by atoms with Crippen LogP contribution in [0.2, 0.25) is 0 Å². The molecule has 2 rings (SSSR count). The average Bonchev–Trinajstić information content (AvgIpc) is 3.29. The van der Waals surface area contributed by atoms with Crippen molar-refractivity contribution in [3.8, 4) is 0 Å². The molecule has 0 aliphatic heterocycles. The number of anilines is 1. The van der Waals surface area contributed by atoms with Crippen LogP contribution in [-0.4, -0.2) is 94.3 Å². The van der Waals surface area contributed by atoms with Crippen LogP contribution in [0.15, 0.2) is 21.7 Å². The van der Waals surface area contributed by atoms with Crippen molar-refractivity contribution >= 4 is 32.7 Å². The maximum Gasteiger partial charge on any atom is 0.245 e. The monoisotopic (exact) mass is 487 g/mol. The molecule has 12 nitrogen and oxygen atoms in total. The minimum absolute atomic E-state index is 0.0925. The van der Waals surface area contributed by atoms with Gasteiger partial charge in [-0.05, 0) is 35.3 Å². The molecule has 2 aromatic rings. The van der Waals surface area contributed by atoms with Crippen LogP contribution in [0, 0.1) is 0 Å². The summed E-state index contributed by atoms with van der Waals surface area (Å²) in [7, 11) is -0.998. The Morgan fingerprint density at radius 1 is 1.06 bits per heavy atom. The van der Waals surface area contributed by atoms with Crippen LogP contribution in [0.5, 0.6) is 0 Å². The van der Waals surface area contributed by atoms with Crippen LogP contribution in [0.1, 0.15) is 25.7 Å². The van der Waals surface area contributed by atoms with Crippen LogP contribution >= 0.6 is 0 Å². The third-order valence-corrected chi connectivity index (χ3v) is 6.67. The minimum Gasteiger partial charge on any atom is -0.396 e. The minimum atomic E-state index is -3.99. The maximum absolute atomic E-state index is 12.9. The van der Waals surface area contributed by atoms with Crippen molar-refractivity contribution in [1.82, 2.24) is 19.9 Å². The first-order valence-electron chi connectivity index (χ1n) is 10.8. The molecule has 1 amide bonds. The van der Waals surface area contributed by atoms with Crippen molar-refractivity contribution in [3.63, 3.8) is 0 Å². The Labute approximate surface area is 193 Å². The Morgan fingerprint density at radius 2 is 1.76 bits per heavy atom. The molecule has 0 radical (unpaired) electrons. The van der Waals surface area contributed by atoms with Gasteiger partial charge in [-0.1, -0.05) is 12.8 Å². The molecule has 0 saturated carbocycles. The fourth-order valence-corrected chi connectivity index (χ4v) is 4.26. The van der Waals surface area contributed by atoms with Gasteiger partial charge in [0.15, 0.2) is 11.0 Å². The summed E-state index contributed by atoms with van der Waals surface area (Å²) >= 11 is 0. The maximum atomic E-state index is 12.9. The van der Waals surface area contributed by atoms with E-state index in [1.807, 2.05) is 0 Å². The molecule has 1 aromatic heterocycles. The number of rotatable bonds is 17. The number of ether oxygens (including phenoxy) is 2. The van der Waals surface area contributed by atoms with Gasteiger partial charge in [0.2, 0.25) is 15.9 Å². The van der Waals surface area contributed by atoms with Gasteiger partial charge in [0.25, 0.3) is 0 Å². The molecule has 33 heavy (non-hydrogen) atoms. The van der Waals surface area contributed by atoms with Crippen molar-refractivity contribution in [2.45, 2.75) is 30.6 Å². The highest BCUT2D eigenvalue weighted by atomic mass is 32.2. The van der Waals surface area contributed by atoms with Crippen LogP contribution < -0.4 is 10.6 Å². The number of hydrogen-bond acceptors (Lipinski definition) is 10. The number of aliphatic hydroxyl groups is 1. The largest absolute Gasteiger partial charge is 0.396 e. The van der Waals surface area contributed by atoms with Gasteiger partial charge in [0, 0.05) is 33.9 Å². The normalized spacial score (nSPS) is 11.9. The molecule has 3 N–H and O–H groups in total. The van der Waals surface area contributed by atoms with Gasteiger partial charge in [0.05, 0.1) is 32.1 Å². The molecular weight excluding hydrogens is 454 g/mol. The number of nitrogens with zero attached hydrogens (tertiary/aromatic N) is 3. The van der Waals surface area contributed by atoms with Crippen LogP contribution in [-0.2, 0) is 24.3 Å². The van der Waals surface area contributed by atoms with E-state index < -0.39 is 15.9 Å². The Morgan fingerprint density at radius 3 is 2.48 bits per heavy atom. The van der Waals surface area contributed by atoms with E-state index in [0.29, 0.717) is 37.6 Å². The number of aliphatic hydroxyl groups excluding tert-OH is 1. The number of unbranched alkanes of at least 4 members (excludes halogenated alkanes) is 3. The third kappa shape index (κ3) is 8.19. The highest BCUT2D eigenvalue weighted by molar-refractivity contribution is 7.89. The third-order valence-electron chi connectivity index (χ3n) is 4.84. The fourth-order valence-electron chi connectivity index (χ4n) is 3.02. The van der Waals surface area contributed by atoms with E-state index in [1.165, 1.54) is 13.1 Å². The topological polar surface area (TPSA) is 156 Å². The number of sulfonamides is 1. The molecule has 0 aliphatic carbocycles. The summed E-state index contributed by atoms with van der Waals surface area (Å²) in [6.07, 6.45) is 3.80. The molecular formula is C20H33N5O7S. The predicted molar refractivity (Wildman–Crippen MR) is 121 cm³/mol. The summed E-state index contributed by atoms with van der Waals surface area (Å²) in [6, 6.07) is 2.96. The number of likely N-dealkylation sites (N-methyl/N-ethyl adjacent to an activating group) is 1. The molecule has 186 valence electrons. The number of benzene rings is 1. The molecule has 0 spiro atoms. The van der Waals surface area contributed by atoms with Gasteiger partial charge < -0.3 is 25.2 Å². The number of aromatic nitrogens is 2. The summed E-state index contributed by atoms with van der Waals surface area (Å²) in [5, 5.41) is 21.7. The summed E-state index contributed by atoms with van der Waals surface area (Å²) in [5.41, 5.74) is 0.961. The zero-order valence-electron chi connectivity index (χ0n) is 19.1. The van der Waals surface area contributed by atoms with Crippen molar-refractivity contribution in [2.75, 3.05) is 65.5 Å². The molecule has 13 heteroatoms. The molecule has 0 saturated heterocycles. The second kappa shape index (κ2) is 14.1. The zero-order chi connectivity index (χ0) is 24.1. The van der Waals surface area contributed by atoms with Gasteiger partial charge in [-0.25, -0.2) is 13.0 Å². The van der Waals surface area contributed by atoms with Crippen molar-refractivity contribution in [2.24, 2.45) is 0 Å². The van der Waals surface area contributed by atoms with Crippen LogP contribution in [0.4, 0.5) is 5.69 Å². The van der Waals surface area contributed by atoms with E-state index in [2.05, 4.69) is 20.9 Å². The first-order valence-corrected chi connectivity index (χ1v) is 12.3. The lowest BCUT2D eigenvalue weighted by atomic mass is 10.2. The number of hydrogen-bond donors (Lipinski definition) is 3. The Hall–Kier alpha value is -2.32. The first kappa shape index (κ1) is 26.9. The van der Waals surface area contributed by atoms with E-state index in [9.17, 15) is 13.2 Å². The van der Waals surface area contributed by atoms with E-state index in [4.69, 9.17) is 19.2 Å². The number of nitrogens with one attached hydrogen (secondary N) is 2. The summed E-state index contributed by atoms with van der Waals surface area (Å²) < 4.78 is 42.3. The smallest absolute Gasteiger partial charge is 0.245 e. The van der Waals surface area contributed by atoms with Gasteiger partial charge >= 0.3 is 0 Å². The fraction of sp³-hybridized carbons (Fsp3) is 0.650. The number of carbonyl (C=O) groups is 1. The standard InChI is InChI=1S/C20H33N5O7S/c1-21-16-7-8-17(20-19(16)23-32-24-20)33(28,29)25(2)15-18(27)22-9-12-31-14-13-30-11-6-4-3-5-10-26/h7-8,21,26H,3-6,9-15H2,1-2H3,(H,22,27). The van der Waals surface area contributed by atoms with Crippen molar-refractivity contribution in [1.29, 1.82) is 0 Å². The summed E-state index contributed by atoms with van der Waals surface area (Å²) in [4.78, 5) is 12.1. The van der Waals surface area contributed by atoms with Gasteiger partial charge in [-0.15, -0.1) is 0 Å². The average molecular weight is 488 g/mol. The van der Waals surface area contributed by atoms with Crippen molar-refractivity contribution in [3.05, 3.63) is 12.1 Å². The van der Waals surface area contributed by atoms with Crippen LogP contribution in [0.25, 0.3) is 11.0 Å². The lowest BCUT2D eigenvalue weighted by Crippen LogP contribution is -2.39.